The molecule has 0 aromatic heterocycles. The van der Waals surface area contributed by atoms with Gasteiger partial charge < -0.3 is 10.1 Å². The van der Waals surface area contributed by atoms with E-state index in [1.807, 2.05) is 18.2 Å². The van der Waals surface area contributed by atoms with E-state index in [-0.39, 0.29) is 4.90 Å². The van der Waals surface area contributed by atoms with E-state index < -0.39 is 10.0 Å². The molecule has 0 bridgehead atoms. The van der Waals surface area contributed by atoms with E-state index in [0.717, 1.165) is 18.7 Å². The highest BCUT2D eigenvalue weighted by Crippen LogP contribution is 2.24. The average molecular weight is 414 g/mol. The normalized spacial score (nSPS) is 18.1. The monoisotopic (exact) mass is 413 g/mol. The fraction of sp³-hybridized carbons (Fsp3) is 0.409. The average Bonchev–Trinajstić information content (AvgIpc) is 3.00. The van der Waals surface area contributed by atoms with E-state index in [0.29, 0.717) is 24.6 Å². The molecule has 154 valence electrons. The second-order valence-electron chi connectivity index (χ2n) is 7.52. The predicted molar refractivity (Wildman–Crippen MR) is 114 cm³/mol. The molecule has 0 amide bonds. The minimum Gasteiger partial charge on any atom is -0.494 e. The van der Waals surface area contributed by atoms with E-state index in [2.05, 4.69) is 26.7 Å². The molecule has 29 heavy (non-hydrogen) atoms. The summed E-state index contributed by atoms with van der Waals surface area (Å²) in [6.45, 7) is 4.55. The zero-order valence-electron chi connectivity index (χ0n) is 16.5. The number of nitrogens with one attached hydrogen (secondary N) is 1. The lowest BCUT2D eigenvalue weighted by Crippen LogP contribution is -2.29. The van der Waals surface area contributed by atoms with Crippen LogP contribution in [0.25, 0.3) is 0 Å². The third-order valence-corrected chi connectivity index (χ3v) is 6.63. The van der Waals surface area contributed by atoms with Crippen LogP contribution >= 0.6 is 0 Å². The van der Waals surface area contributed by atoms with Crippen molar-refractivity contribution in [1.82, 2.24) is 10.2 Å². The lowest BCUT2D eigenvalue weighted by atomic mass is 10.1. The summed E-state index contributed by atoms with van der Waals surface area (Å²) in [7, 11) is -3.56. The standard InChI is InChI=1S/C22H27N3O3S/c26-29(27)21-8-3-2-7-20(21)22(24-29)23-13-6-16-28-19-11-9-18(10-12-19)17-25-14-4-1-5-15-25/h2-3,7-12H,1,4-6,13-17H2,(H,23,24). The summed E-state index contributed by atoms with van der Waals surface area (Å²) in [5.74, 6) is 1.28. The SMILES string of the molecule is O=S1(=O)N=C(NCCCOc2ccc(CN3CCCCC3)cc2)c2ccccc21. The van der Waals surface area contributed by atoms with Crippen LogP contribution in [0.3, 0.4) is 0 Å². The summed E-state index contributed by atoms with van der Waals surface area (Å²) in [5, 5.41) is 3.12. The molecule has 2 aliphatic rings. The van der Waals surface area contributed by atoms with Crippen LogP contribution in [0, 0.1) is 0 Å². The van der Waals surface area contributed by atoms with Crippen LogP contribution in [0.4, 0.5) is 0 Å². The van der Waals surface area contributed by atoms with Gasteiger partial charge in [-0.05, 0) is 62.2 Å². The molecule has 0 aliphatic carbocycles. The Morgan fingerprint density at radius 1 is 1.00 bits per heavy atom. The third-order valence-electron chi connectivity index (χ3n) is 5.29. The van der Waals surface area contributed by atoms with Gasteiger partial charge in [0, 0.05) is 18.7 Å². The molecule has 1 saturated heterocycles. The van der Waals surface area contributed by atoms with Gasteiger partial charge in [0.05, 0.1) is 6.61 Å². The molecule has 1 fully saturated rings. The molecule has 0 spiro atoms. The fourth-order valence-corrected chi connectivity index (χ4v) is 4.96. The molecule has 0 unspecified atom stereocenters. The van der Waals surface area contributed by atoms with Crippen LogP contribution < -0.4 is 10.1 Å². The fourth-order valence-electron chi connectivity index (χ4n) is 3.77. The number of amidine groups is 1. The summed E-state index contributed by atoms with van der Waals surface area (Å²) in [5.41, 5.74) is 1.96. The molecule has 0 atom stereocenters. The molecule has 0 saturated carbocycles. The van der Waals surface area contributed by atoms with E-state index >= 15 is 0 Å². The molecular formula is C22H27N3O3S. The van der Waals surface area contributed by atoms with Gasteiger partial charge in [-0.3, -0.25) is 4.90 Å². The predicted octanol–water partition coefficient (Wildman–Crippen LogP) is 3.18. The van der Waals surface area contributed by atoms with Crippen molar-refractivity contribution in [2.45, 2.75) is 37.1 Å². The number of likely N-dealkylation sites (tertiary alicyclic amines) is 1. The summed E-state index contributed by atoms with van der Waals surface area (Å²) in [6.07, 6.45) is 4.71. The summed E-state index contributed by atoms with van der Waals surface area (Å²) >= 11 is 0. The minimum absolute atomic E-state index is 0.267. The number of piperidine rings is 1. The van der Waals surface area contributed by atoms with Crippen molar-refractivity contribution in [1.29, 1.82) is 0 Å². The highest BCUT2D eigenvalue weighted by molar-refractivity contribution is 7.90. The first kappa shape index (κ1) is 19.9. The Hall–Kier alpha value is -2.38. The Bertz CT molecular complexity index is 965. The number of rotatable bonds is 7. The second-order valence-corrected chi connectivity index (χ2v) is 9.09. The van der Waals surface area contributed by atoms with Gasteiger partial charge >= 0.3 is 0 Å². The first-order valence-corrected chi connectivity index (χ1v) is 11.7. The van der Waals surface area contributed by atoms with Gasteiger partial charge in [0.15, 0.2) is 0 Å². The van der Waals surface area contributed by atoms with Crippen LogP contribution in [0.5, 0.6) is 5.75 Å². The van der Waals surface area contributed by atoms with Gasteiger partial charge in [-0.2, -0.15) is 8.42 Å². The molecule has 0 radical (unpaired) electrons. The molecule has 2 aromatic rings. The van der Waals surface area contributed by atoms with Gasteiger partial charge in [0.25, 0.3) is 10.0 Å². The third kappa shape index (κ3) is 4.97. The molecule has 2 aliphatic heterocycles. The molecule has 2 heterocycles. The van der Waals surface area contributed by atoms with E-state index in [4.69, 9.17) is 4.74 Å². The number of sulfonamides is 1. The minimum atomic E-state index is -3.56. The first-order valence-electron chi connectivity index (χ1n) is 10.2. The van der Waals surface area contributed by atoms with Crippen LogP contribution in [0.2, 0.25) is 0 Å². The van der Waals surface area contributed by atoms with Gasteiger partial charge in [-0.25, -0.2) is 0 Å². The molecule has 7 heteroatoms. The Balaban J connectivity index is 1.20. The van der Waals surface area contributed by atoms with Crippen molar-refractivity contribution < 1.29 is 13.2 Å². The summed E-state index contributed by atoms with van der Waals surface area (Å²) in [4.78, 5) is 2.78. The summed E-state index contributed by atoms with van der Waals surface area (Å²) < 4.78 is 33.7. The van der Waals surface area contributed by atoms with E-state index in [1.54, 1.807) is 18.2 Å². The molecular weight excluding hydrogens is 386 g/mol. The smallest absolute Gasteiger partial charge is 0.285 e. The number of hydrogen-bond acceptors (Lipinski definition) is 5. The highest BCUT2D eigenvalue weighted by atomic mass is 32.2. The number of fused-ring (bicyclic) bond motifs is 1. The van der Waals surface area contributed by atoms with Crippen molar-refractivity contribution in [2.24, 2.45) is 4.40 Å². The Kier molecular flexibility index (Phi) is 6.16. The second kappa shape index (κ2) is 8.97. The largest absolute Gasteiger partial charge is 0.494 e. The maximum atomic E-state index is 12.0. The zero-order chi connectivity index (χ0) is 20.1. The Morgan fingerprint density at radius 2 is 1.76 bits per heavy atom. The van der Waals surface area contributed by atoms with Crippen LogP contribution in [-0.4, -0.2) is 45.4 Å². The zero-order valence-corrected chi connectivity index (χ0v) is 17.3. The summed E-state index contributed by atoms with van der Waals surface area (Å²) in [6, 6.07) is 15.2. The number of ether oxygens (including phenoxy) is 1. The Morgan fingerprint density at radius 3 is 2.55 bits per heavy atom. The molecule has 2 aromatic carbocycles. The van der Waals surface area contributed by atoms with Gasteiger partial charge in [0.1, 0.15) is 16.5 Å². The molecule has 6 nitrogen and oxygen atoms in total. The van der Waals surface area contributed by atoms with Crippen molar-refractivity contribution in [3.8, 4) is 5.75 Å². The molecule has 1 N–H and O–H groups in total. The topological polar surface area (TPSA) is 71.0 Å². The van der Waals surface area contributed by atoms with Gasteiger partial charge in [0.2, 0.25) is 0 Å². The quantitative estimate of drug-likeness (QED) is 0.706. The van der Waals surface area contributed by atoms with Crippen LogP contribution in [-0.2, 0) is 16.6 Å². The van der Waals surface area contributed by atoms with Crippen LogP contribution in [0.1, 0.15) is 36.8 Å². The number of hydrogen-bond donors (Lipinski definition) is 1. The maximum absolute atomic E-state index is 12.0. The van der Waals surface area contributed by atoms with E-state index in [9.17, 15) is 8.42 Å². The Labute approximate surface area is 172 Å². The first-order chi connectivity index (χ1) is 14.1. The number of nitrogens with zero attached hydrogens (tertiary/aromatic N) is 2. The van der Waals surface area contributed by atoms with Crippen molar-refractivity contribution in [3.63, 3.8) is 0 Å². The van der Waals surface area contributed by atoms with Crippen molar-refractivity contribution >= 4 is 15.9 Å². The lowest BCUT2D eigenvalue weighted by Gasteiger charge is -2.26. The van der Waals surface area contributed by atoms with Gasteiger partial charge in [-0.15, -0.1) is 4.40 Å². The highest BCUT2D eigenvalue weighted by Gasteiger charge is 2.27. The number of benzene rings is 2. The van der Waals surface area contributed by atoms with Gasteiger partial charge in [-0.1, -0.05) is 30.7 Å². The van der Waals surface area contributed by atoms with E-state index in [1.165, 1.54) is 37.9 Å². The van der Waals surface area contributed by atoms with Crippen molar-refractivity contribution in [2.75, 3.05) is 26.2 Å². The lowest BCUT2D eigenvalue weighted by molar-refractivity contribution is 0.221. The van der Waals surface area contributed by atoms with Crippen LogP contribution in [0.15, 0.2) is 57.8 Å². The van der Waals surface area contributed by atoms with Crippen molar-refractivity contribution in [3.05, 3.63) is 59.7 Å². The maximum Gasteiger partial charge on any atom is 0.285 e. The molecule has 4 rings (SSSR count).